The van der Waals surface area contributed by atoms with Gasteiger partial charge in [-0.3, -0.25) is 14.5 Å². The van der Waals surface area contributed by atoms with Gasteiger partial charge in [-0.2, -0.15) is 0 Å². The van der Waals surface area contributed by atoms with Crippen LogP contribution < -0.4 is 4.74 Å². The van der Waals surface area contributed by atoms with Crippen molar-refractivity contribution in [1.82, 2.24) is 14.8 Å². The first kappa shape index (κ1) is 21.9. The van der Waals surface area contributed by atoms with Gasteiger partial charge in [-0.05, 0) is 44.0 Å². The number of ketones is 1. The molecule has 162 valence electrons. The Morgan fingerprint density at radius 3 is 2.17 bits per heavy atom. The monoisotopic (exact) mass is 423 g/mol. The largest absolute Gasteiger partial charge is 0.573 e. The number of alkyl halides is 3. The summed E-state index contributed by atoms with van der Waals surface area (Å²) in [5.41, 5.74) is 3.25. The molecule has 1 aliphatic heterocycles. The number of hydrogen-bond acceptors (Lipinski definition) is 4. The summed E-state index contributed by atoms with van der Waals surface area (Å²) in [6.07, 6.45) is -4.70. The third kappa shape index (κ3) is 5.02. The molecule has 0 bridgehead atoms. The fourth-order valence-electron chi connectivity index (χ4n) is 3.81. The van der Waals surface area contributed by atoms with Crippen molar-refractivity contribution < 1.29 is 27.5 Å². The van der Waals surface area contributed by atoms with E-state index in [-0.39, 0.29) is 17.4 Å². The first-order chi connectivity index (χ1) is 14.0. The molecule has 0 saturated carbocycles. The summed E-state index contributed by atoms with van der Waals surface area (Å²) in [7, 11) is 0. The molecule has 2 heterocycles. The number of benzene rings is 1. The number of ether oxygens (including phenoxy) is 1. The number of nitrogens with zero attached hydrogens (tertiary/aromatic N) is 2. The summed E-state index contributed by atoms with van der Waals surface area (Å²) in [5, 5.41) is 0. The molecular weight excluding hydrogens is 399 g/mol. The molecule has 9 heteroatoms. The lowest BCUT2D eigenvalue weighted by Gasteiger charge is -2.34. The first-order valence-electron chi connectivity index (χ1n) is 9.61. The van der Waals surface area contributed by atoms with Crippen molar-refractivity contribution in [3.05, 3.63) is 52.3 Å². The van der Waals surface area contributed by atoms with Gasteiger partial charge in [0.25, 0.3) is 5.91 Å². The van der Waals surface area contributed by atoms with Gasteiger partial charge in [-0.1, -0.05) is 12.1 Å². The van der Waals surface area contributed by atoms with E-state index in [1.165, 1.54) is 19.1 Å². The van der Waals surface area contributed by atoms with Gasteiger partial charge < -0.3 is 14.6 Å². The van der Waals surface area contributed by atoms with Crippen LogP contribution in [0, 0.1) is 13.8 Å². The average Bonchev–Trinajstić information content (AvgIpc) is 2.96. The van der Waals surface area contributed by atoms with E-state index in [1.54, 1.807) is 30.9 Å². The number of carbonyl (C=O) groups is 2. The van der Waals surface area contributed by atoms with Crippen LogP contribution in [0.15, 0.2) is 24.3 Å². The number of amides is 1. The molecule has 2 aromatic rings. The van der Waals surface area contributed by atoms with Gasteiger partial charge in [0, 0.05) is 44.0 Å². The van der Waals surface area contributed by atoms with Crippen molar-refractivity contribution in [2.24, 2.45) is 0 Å². The summed E-state index contributed by atoms with van der Waals surface area (Å²) in [6, 6.07) is 5.80. The predicted octanol–water partition coefficient (Wildman–Crippen LogP) is 3.69. The molecule has 0 atom stereocenters. The van der Waals surface area contributed by atoms with E-state index in [1.807, 2.05) is 0 Å². The van der Waals surface area contributed by atoms with Crippen LogP contribution in [-0.2, 0) is 6.54 Å². The van der Waals surface area contributed by atoms with Crippen LogP contribution in [0.3, 0.4) is 0 Å². The second kappa shape index (κ2) is 8.51. The molecule has 1 fully saturated rings. The molecule has 0 aliphatic carbocycles. The van der Waals surface area contributed by atoms with Crippen molar-refractivity contribution in [3.63, 3.8) is 0 Å². The molecule has 1 aliphatic rings. The second-order valence-corrected chi connectivity index (χ2v) is 7.44. The second-order valence-electron chi connectivity index (χ2n) is 7.44. The van der Waals surface area contributed by atoms with Crippen LogP contribution in [0.5, 0.6) is 5.75 Å². The summed E-state index contributed by atoms with van der Waals surface area (Å²) in [5.74, 6) is -0.448. The van der Waals surface area contributed by atoms with Gasteiger partial charge in [0.05, 0.1) is 0 Å². The SMILES string of the molecule is CC(=O)c1c(C)[nH]c(C(=O)N2CCN(Cc3ccc(OC(F)(F)F)cc3)CC2)c1C. The highest BCUT2D eigenvalue weighted by molar-refractivity contribution is 6.02. The van der Waals surface area contributed by atoms with Gasteiger partial charge >= 0.3 is 6.36 Å². The van der Waals surface area contributed by atoms with Gasteiger partial charge in [0.2, 0.25) is 0 Å². The van der Waals surface area contributed by atoms with Crippen LogP contribution in [0.4, 0.5) is 13.2 Å². The Kier molecular flexibility index (Phi) is 6.21. The quantitative estimate of drug-likeness (QED) is 0.745. The van der Waals surface area contributed by atoms with Crippen molar-refractivity contribution in [2.45, 2.75) is 33.7 Å². The Labute approximate surface area is 172 Å². The zero-order valence-electron chi connectivity index (χ0n) is 17.1. The molecule has 0 spiro atoms. The molecule has 1 N–H and O–H groups in total. The van der Waals surface area contributed by atoms with Gasteiger partial charge in [0.1, 0.15) is 11.4 Å². The standard InChI is InChI=1S/C21H24F3N3O3/c1-13-18(15(3)28)14(2)25-19(13)20(29)27-10-8-26(9-11-27)12-16-4-6-17(7-5-16)30-21(22,23)24/h4-7,25H,8-12H2,1-3H3. The molecular formula is C21H24F3N3O3. The number of Topliss-reactive ketones (excluding diaryl/α,β-unsaturated/α-hetero) is 1. The lowest BCUT2D eigenvalue weighted by Crippen LogP contribution is -2.48. The highest BCUT2D eigenvalue weighted by Crippen LogP contribution is 2.24. The van der Waals surface area contributed by atoms with E-state index in [2.05, 4.69) is 14.6 Å². The van der Waals surface area contributed by atoms with Crippen LogP contribution in [0.2, 0.25) is 0 Å². The number of aromatic nitrogens is 1. The maximum atomic E-state index is 12.9. The molecule has 1 aromatic carbocycles. The number of hydrogen-bond donors (Lipinski definition) is 1. The van der Waals surface area contributed by atoms with E-state index < -0.39 is 6.36 Å². The molecule has 1 amide bonds. The molecule has 6 nitrogen and oxygen atoms in total. The fourth-order valence-corrected chi connectivity index (χ4v) is 3.81. The van der Waals surface area contributed by atoms with Gasteiger partial charge in [-0.25, -0.2) is 0 Å². The van der Waals surface area contributed by atoms with Crippen molar-refractivity contribution in [1.29, 1.82) is 0 Å². The lowest BCUT2D eigenvalue weighted by atomic mass is 10.1. The molecule has 1 saturated heterocycles. The lowest BCUT2D eigenvalue weighted by molar-refractivity contribution is -0.274. The number of piperazine rings is 1. The van der Waals surface area contributed by atoms with E-state index in [0.717, 1.165) is 5.56 Å². The van der Waals surface area contributed by atoms with Crippen LogP contribution in [0.1, 0.15) is 44.6 Å². The minimum absolute atomic E-state index is 0.0724. The van der Waals surface area contributed by atoms with E-state index in [0.29, 0.717) is 55.2 Å². The first-order valence-corrected chi connectivity index (χ1v) is 9.61. The molecule has 30 heavy (non-hydrogen) atoms. The molecule has 0 radical (unpaired) electrons. The van der Waals surface area contributed by atoms with Crippen LogP contribution in [-0.4, -0.2) is 59.0 Å². The Balaban J connectivity index is 1.57. The third-order valence-electron chi connectivity index (χ3n) is 5.23. The minimum Gasteiger partial charge on any atom is -0.406 e. The van der Waals surface area contributed by atoms with Crippen LogP contribution in [0.25, 0.3) is 0 Å². The molecule has 0 unspecified atom stereocenters. The van der Waals surface area contributed by atoms with Crippen molar-refractivity contribution in [2.75, 3.05) is 26.2 Å². The van der Waals surface area contributed by atoms with E-state index >= 15 is 0 Å². The smallest absolute Gasteiger partial charge is 0.406 e. The Morgan fingerprint density at radius 2 is 1.67 bits per heavy atom. The predicted molar refractivity (Wildman–Crippen MR) is 105 cm³/mol. The Bertz CT molecular complexity index is 927. The Hall–Kier alpha value is -2.81. The number of nitrogens with one attached hydrogen (secondary N) is 1. The fraction of sp³-hybridized carbons (Fsp3) is 0.429. The average molecular weight is 423 g/mol. The van der Waals surface area contributed by atoms with Crippen LogP contribution >= 0.6 is 0 Å². The van der Waals surface area contributed by atoms with Gasteiger partial charge in [0.15, 0.2) is 5.78 Å². The number of aryl methyl sites for hydroxylation is 1. The van der Waals surface area contributed by atoms with E-state index in [9.17, 15) is 22.8 Å². The normalized spacial score (nSPS) is 15.3. The zero-order valence-corrected chi connectivity index (χ0v) is 17.1. The third-order valence-corrected chi connectivity index (χ3v) is 5.23. The topological polar surface area (TPSA) is 65.6 Å². The van der Waals surface area contributed by atoms with Gasteiger partial charge in [-0.15, -0.1) is 13.2 Å². The minimum atomic E-state index is -4.70. The number of carbonyl (C=O) groups excluding carboxylic acids is 2. The highest BCUT2D eigenvalue weighted by Gasteiger charge is 2.31. The van der Waals surface area contributed by atoms with Crippen molar-refractivity contribution >= 4 is 11.7 Å². The summed E-state index contributed by atoms with van der Waals surface area (Å²) in [4.78, 5) is 31.6. The number of halogens is 3. The maximum absolute atomic E-state index is 12.9. The maximum Gasteiger partial charge on any atom is 0.573 e. The number of rotatable bonds is 5. The Morgan fingerprint density at radius 1 is 1.07 bits per heavy atom. The van der Waals surface area contributed by atoms with Crippen molar-refractivity contribution in [3.8, 4) is 5.75 Å². The summed E-state index contributed by atoms with van der Waals surface area (Å²) < 4.78 is 40.6. The molecule has 1 aromatic heterocycles. The summed E-state index contributed by atoms with van der Waals surface area (Å²) in [6.45, 7) is 7.96. The van der Waals surface area contributed by atoms with E-state index in [4.69, 9.17) is 0 Å². The number of aromatic amines is 1. The molecule has 3 rings (SSSR count). The summed E-state index contributed by atoms with van der Waals surface area (Å²) >= 11 is 0. The zero-order chi connectivity index (χ0) is 22.1. The highest BCUT2D eigenvalue weighted by atomic mass is 19.4. The number of H-pyrrole nitrogens is 1.